The van der Waals surface area contributed by atoms with Gasteiger partial charge in [-0.1, -0.05) is 12.1 Å². The van der Waals surface area contributed by atoms with Crippen molar-refractivity contribution in [1.29, 1.82) is 0 Å². The van der Waals surface area contributed by atoms with Crippen LogP contribution in [0.2, 0.25) is 0 Å². The molecule has 0 saturated carbocycles. The molecule has 2 aliphatic rings. The Morgan fingerprint density at radius 1 is 0.962 bits per heavy atom. The van der Waals surface area contributed by atoms with Gasteiger partial charge in [0.05, 0.1) is 13.2 Å². The Morgan fingerprint density at radius 2 is 1.65 bits per heavy atom. The first-order chi connectivity index (χ1) is 12.8. The van der Waals surface area contributed by atoms with Crippen molar-refractivity contribution < 1.29 is 19.0 Å². The van der Waals surface area contributed by atoms with E-state index in [0.29, 0.717) is 35.2 Å². The zero-order valence-corrected chi connectivity index (χ0v) is 14.4. The van der Waals surface area contributed by atoms with Crippen molar-refractivity contribution in [2.24, 2.45) is 0 Å². The summed E-state index contributed by atoms with van der Waals surface area (Å²) in [4.78, 5) is 14.4. The van der Waals surface area contributed by atoms with E-state index in [1.54, 1.807) is 18.2 Å². The number of rotatable bonds is 4. The second-order valence-electron chi connectivity index (χ2n) is 6.15. The molecular formula is C19H21N3O4. The maximum absolute atomic E-state index is 12.1. The number of hydrogen-bond donors (Lipinski definition) is 2. The Balaban J connectivity index is 1.31. The molecule has 2 aromatic rings. The average molecular weight is 355 g/mol. The molecule has 136 valence electrons. The first kappa shape index (κ1) is 16.7. The first-order valence-electron chi connectivity index (χ1n) is 8.72. The van der Waals surface area contributed by atoms with E-state index in [-0.39, 0.29) is 6.03 Å². The van der Waals surface area contributed by atoms with Crippen molar-refractivity contribution >= 4 is 11.7 Å². The Labute approximate surface area is 151 Å². The monoisotopic (exact) mass is 355 g/mol. The molecule has 0 bridgehead atoms. The molecule has 1 saturated heterocycles. The normalized spacial score (nSPS) is 15.8. The van der Waals surface area contributed by atoms with Gasteiger partial charge in [-0.3, -0.25) is 4.90 Å². The van der Waals surface area contributed by atoms with E-state index >= 15 is 0 Å². The molecule has 0 aromatic heterocycles. The topological polar surface area (TPSA) is 72.1 Å². The van der Waals surface area contributed by atoms with Gasteiger partial charge in [-0.25, -0.2) is 4.79 Å². The summed E-state index contributed by atoms with van der Waals surface area (Å²) in [7, 11) is 0. The van der Waals surface area contributed by atoms with Gasteiger partial charge in [-0.2, -0.15) is 0 Å². The van der Waals surface area contributed by atoms with Crippen LogP contribution in [-0.4, -0.2) is 50.3 Å². The lowest BCUT2D eigenvalue weighted by molar-refractivity contribution is 0.0388. The van der Waals surface area contributed by atoms with Crippen molar-refractivity contribution in [3.63, 3.8) is 0 Å². The highest BCUT2D eigenvalue weighted by Gasteiger charge is 2.18. The fourth-order valence-electron chi connectivity index (χ4n) is 2.93. The van der Waals surface area contributed by atoms with E-state index in [9.17, 15) is 4.79 Å². The number of amides is 2. The summed E-state index contributed by atoms with van der Waals surface area (Å²) in [6.07, 6.45) is 0. The van der Waals surface area contributed by atoms with Crippen molar-refractivity contribution in [1.82, 2.24) is 10.2 Å². The number of carbonyl (C=O) groups is 1. The summed E-state index contributed by atoms with van der Waals surface area (Å²) >= 11 is 0. The molecule has 2 aromatic carbocycles. The van der Waals surface area contributed by atoms with Crippen LogP contribution in [0.25, 0.3) is 0 Å². The van der Waals surface area contributed by atoms with Crippen LogP contribution in [0.3, 0.4) is 0 Å². The molecule has 0 atom stereocenters. The molecule has 0 aliphatic carbocycles. The van der Waals surface area contributed by atoms with E-state index in [2.05, 4.69) is 15.5 Å². The largest absolute Gasteiger partial charge is 0.450 e. The average Bonchev–Trinajstić information content (AvgIpc) is 2.67. The molecule has 26 heavy (non-hydrogen) atoms. The number of ether oxygens (including phenoxy) is 3. The smallest absolute Gasteiger partial charge is 0.319 e. The summed E-state index contributed by atoms with van der Waals surface area (Å²) in [6.45, 7) is 4.73. The molecule has 1 fully saturated rings. The van der Waals surface area contributed by atoms with Gasteiger partial charge in [-0.15, -0.1) is 0 Å². The van der Waals surface area contributed by atoms with Gasteiger partial charge in [0.1, 0.15) is 0 Å². The quantitative estimate of drug-likeness (QED) is 0.753. The Hall–Kier alpha value is -2.77. The van der Waals surface area contributed by atoms with E-state index in [1.165, 1.54) is 0 Å². The highest BCUT2D eigenvalue weighted by molar-refractivity contribution is 5.89. The molecule has 0 spiro atoms. The van der Waals surface area contributed by atoms with Crippen LogP contribution in [0, 0.1) is 0 Å². The lowest BCUT2D eigenvalue weighted by Crippen LogP contribution is -2.42. The fourth-order valence-corrected chi connectivity index (χ4v) is 2.93. The summed E-state index contributed by atoms with van der Waals surface area (Å²) < 4.78 is 17.0. The minimum Gasteiger partial charge on any atom is -0.450 e. The number of benzene rings is 2. The highest BCUT2D eigenvalue weighted by atomic mass is 16.6. The number of nitrogens with zero attached hydrogens (tertiary/aromatic N) is 1. The summed E-state index contributed by atoms with van der Waals surface area (Å²) in [5.74, 6) is 2.55. The van der Waals surface area contributed by atoms with Crippen molar-refractivity contribution in [2.75, 3.05) is 44.7 Å². The molecule has 2 heterocycles. The van der Waals surface area contributed by atoms with Gasteiger partial charge >= 0.3 is 6.03 Å². The summed E-state index contributed by atoms with van der Waals surface area (Å²) in [5, 5.41) is 5.69. The summed E-state index contributed by atoms with van der Waals surface area (Å²) in [5.41, 5.74) is 0.649. The first-order valence-corrected chi connectivity index (χ1v) is 8.72. The Morgan fingerprint density at radius 3 is 2.42 bits per heavy atom. The maximum Gasteiger partial charge on any atom is 0.319 e. The minimum atomic E-state index is -0.240. The number of carbonyl (C=O) groups excluding carboxylic acids is 1. The maximum atomic E-state index is 12.1. The number of hydrogen-bond acceptors (Lipinski definition) is 5. The number of urea groups is 1. The molecule has 7 nitrogen and oxygen atoms in total. The minimum absolute atomic E-state index is 0.240. The molecule has 0 unspecified atom stereocenters. The van der Waals surface area contributed by atoms with Crippen LogP contribution in [-0.2, 0) is 4.74 Å². The molecule has 0 radical (unpaired) electrons. The van der Waals surface area contributed by atoms with Gasteiger partial charge in [0.15, 0.2) is 23.0 Å². The second kappa shape index (κ2) is 7.63. The lowest BCUT2D eigenvalue weighted by atomic mass is 10.2. The third kappa shape index (κ3) is 3.89. The van der Waals surface area contributed by atoms with Gasteiger partial charge in [0, 0.05) is 37.9 Å². The van der Waals surface area contributed by atoms with Crippen molar-refractivity contribution in [3.05, 3.63) is 42.5 Å². The molecule has 2 N–H and O–H groups in total. The van der Waals surface area contributed by atoms with E-state index in [1.807, 2.05) is 24.3 Å². The van der Waals surface area contributed by atoms with Crippen LogP contribution in [0.15, 0.2) is 42.5 Å². The Kier molecular flexibility index (Phi) is 4.90. The van der Waals surface area contributed by atoms with E-state index < -0.39 is 0 Å². The number of anilines is 1. The number of nitrogens with one attached hydrogen (secondary N) is 2. The molecular weight excluding hydrogens is 334 g/mol. The van der Waals surface area contributed by atoms with Crippen molar-refractivity contribution in [3.8, 4) is 23.0 Å². The number of morpholine rings is 1. The second-order valence-corrected chi connectivity index (χ2v) is 6.15. The lowest BCUT2D eigenvalue weighted by Gasteiger charge is -2.26. The van der Waals surface area contributed by atoms with E-state index in [4.69, 9.17) is 14.2 Å². The number of para-hydroxylation sites is 2. The number of fused-ring (bicyclic) bond motifs is 2. The van der Waals surface area contributed by atoms with Gasteiger partial charge < -0.3 is 24.8 Å². The van der Waals surface area contributed by atoms with Crippen LogP contribution < -0.4 is 20.1 Å². The fraction of sp³-hybridized carbons (Fsp3) is 0.316. The third-order valence-corrected chi connectivity index (χ3v) is 4.31. The predicted octanol–water partition coefficient (Wildman–Crippen LogP) is 3.04. The van der Waals surface area contributed by atoms with Gasteiger partial charge in [0.25, 0.3) is 0 Å². The van der Waals surface area contributed by atoms with Gasteiger partial charge in [-0.05, 0) is 24.3 Å². The molecule has 2 amide bonds. The Bertz CT molecular complexity index is 790. The van der Waals surface area contributed by atoms with Crippen LogP contribution >= 0.6 is 0 Å². The molecule has 7 heteroatoms. The zero-order chi connectivity index (χ0) is 17.8. The molecule has 2 aliphatic heterocycles. The van der Waals surface area contributed by atoms with Crippen LogP contribution in [0.5, 0.6) is 23.0 Å². The zero-order valence-electron chi connectivity index (χ0n) is 14.4. The highest BCUT2D eigenvalue weighted by Crippen LogP contribution is 2.45. The molecule has 4 rings (SSSR count). The van der Waals surface area contributed by atoms with Crippen LogP contribution in [0.1, 0.15) is 0 Å². The van der Waals surface area contributed by atoms with Crippen LogP contribution in [0.4, 0.5) is 10.5 Å². The SMILES string of the molecule is O=C(NCCN1CCOCC1)Nc1ccc2c(c1)Oc1ccccc1O2. The third-order valence-electron chi connectivity index (χ3n) is 4.31. The summed E-state index contributed by atoms with van der Waals surface area (Å²) in [6, 6.07) is 12.6. The standard InChI is InChI=1S/C19H21N3O4/c23-19(20-7-8-22-9-11-24-12-10-22)21-14-5-6-17-18(13-14)26-16-4-2-1-3-15(16)25-17/h1-6,13H,7-12H2,(H2,20,21,23). The van der Waals surface area contributed by atoms with Crippen molar-refractivity contribution in [2.45, 2.75) is 0 Å². The van der Waals surface area contributed by atoms with Gasteiger partial charge in [0.2, 0.25) is 0 Å². The predicted molar refractivity (Wildman–Crippen MR) is 97.3 cm³/mol. The van der Waals surface area contributed by atoms with E-state index in [0.717, 1.165) is 32.8 Å².